The molecule has 0 spiro atoms. The van der Waals surface area contributed by atoms with Gasteiger partial charge in [0.15, 0.2) is 0 Å². The largest absolute Gasteiger partial charge is 0.329 e. The van der Waals surface area contributed by atoms with Crippen molar-refractivity contribution in [2.24, 2.45) is 0 Å². The molecule has 2 aromatic carbocycles. The lowest BCUT2D eigenvalue weighted by Crippen LogP contribution is -2.16. The predicted molar refractivity (Wildman–Crippen MR) is 80.3 cm³/mol. The second kappa shape index (κ2) is 6.26. The number of hydrogen-bond donors (Lipinski definition) is 1. The van der Waals surface area contributed by atoms with Gasteiger partial charge in [-0.3, -0.25) is 0 Å². The van der Waals surface area contributed by atoms with E-state index in [1.165, 1.54) is 11.1 Å². The molecular weight excluding hydrogens is 246 g/mol. The fraction of sp³-hybridized carbons (Fsp3) is 0.176. The van der Waals surface area contributed by atoms with Crippen molar-refractivity contribution in [3.05, 3.63) is 83.9 Å². The first kappa shape index (κ1) is 12.8. The number of imidazole rings is 1. The molecule has 0 aliphatic rings. The average Bonchev–Trinajstić information content (AvgIpc) is 3.13. The first-order valence-corrected chi connectivity index (χ1v) is 6.87. The zero-order valence-electron chi connectivity index (χ0n) is 11.4. The standard InChI is InChI=1S/C17H18N3/c1-2-8-16(9-3-1)14-20-11-10-19-17(20)13-18-12-15-6-4-5-7-15/h1-11,18H,12-14H2/q-1. The molecule has 0 bridgehead atoms. The molecule has 3 heteroatoms. The van der Waals surface area contributed by atoms with Crippen molar-refractivity contribution in [1.82, 2.24) is 14.9 Å². The third-order valence-electron chi connectivity index (χ3n) is 3.34. The molecule has 0 saturated carbocycles. The summed E-state index contributed by atoms with van der Waals surface area (Å²) in [6.45, 7) is 2.53. The molecule has 0 fully saturated rings. The van der Waals surface area contributed by atoms with Gasteiger partial charge in [-0.25, -0.2) is 11.1 Å². The SMILES string of the molecule is c1ccc(Cn2ccnc2CNCc2cc[cH-]c2)cc1. The molecule has 1 aromatic heterocycles. The van der Waals surface area contributed by atoms with E-state index in [0.29, 0.717) is 0 Å². The fourth-order valence-electron chi connectivity index (χ4n) is 2.28. The number of hydrogen-bond acceptors (Lipinski definition) is 2. The van der Waals surface area contributed by atoms with Crippen LogP contribution in [0.4, 0.5) is 0 Å². The van der Waals surface area contributed by atoms with E-state index in [4.69, 9.17) is 0 Å². The van der Waals surface area contributed by atoms with Crippen molar-refractivity contribution < 1.29 is 0 Å². The summed E-state index contributed by atoms with van der Waals surface area (Å²) < 4.78 is 2.19. The van der Waals surface area contributed by atoms with E-state index in [0.717, 1.165) is 25.5 Å². The van der Waals surface area contributed by atoms with Crippen LogP contribution in [-0.4, -0.2) is 9.55 Å². The molecule has 3 nitrogen and oxygen atoms in total. The first-order valence-electron chi connectivity index (χ1n) is 6.87. The van der Waals surface area contributed by atoms with Gasteiger partial charge in [0.25, 0.3) is 0 Å². The molecule has 0 unspecified atom stereocenters. The predicted octanol–water partition coefficient (Wildman–Crippen LogP) is 2.94. The van der Waals surface area contributed by atoms with Gasteiger partial charge < -0.3 is 9.88 Å². The molecule has 0 amide bonds. The lowest BCUT2D eigenvalue weighted by Gasteiger charge is -2.10. The molecule has 0 saturated heterocycles. The van der Waals surface area contributed by atoms with Gasteiger partial charge in [-0.1, -0.05) is 30.3 Å². The van der Waals surface area contributed by atoms with E-state index < -0.39 is 0 Å². The van der Waals surface area contributed by atoms with Crippen LogP contribution >= 0.6 is 0 Å². The average molecular weight is 264 g/mol. The van der Waals surface area contributed by atoms with E-state index in [9.17, 15) is 0 Å². The molecule has 20 heavy (non-hydrogen) atoms. The van der Waals surface area contributed by atoms with Gasteiger partial charge in [-0.2, -0.15) is 23.8 Å². The highest BCUT2D eigenvalue weighted by atomic mass is 15.1. The quantitative estimate of drug-likeness (QED) is 0.694. The van der Waals surface area contributed by atoms with Crippen LogP contribution in [0.3, 0.4) is 0 Å². The summed E-state index contributed by atoms with van der Waals surface area (Å²) in [4.78, 5) is 4.43. The van der Waals surface area contributed by atoms with Crippen molar-refractivity contribution in [2.75, 3.05) is 0 Å². The van der Waals surface area contributed by atoms with E-state index in [-0.39, 0.29) is 0 Å². The van der Waals surface area contributed by atoms with Crippen molar-refractivity contribution in [2.45, 2.75) is 19.6 Å². The van der Waals surface area contributed by atoms with Crippen LogP contribution < -0.4 is 5.32 Å². The van der Waals surface area contributed by atoms with Crippen LogP contribution in [0, 0.1) is 0 Å². The van der Waals surface area contributed by atoms with E-state index in [2.05, 4.69) is 63.4 Å². The number of nitrogens with zero attached hydrogens (tertiary/aromatic N) is 2. The molecule has 3 rings (SSSR count). The van der Waals surface area contributed by atoms with Crippen LogP contribution in [-0.2, 0) is 19.6 Å². The van der Waals surface area contributed by atoms with Crippen LogP contribution in [0.15, 0.2) is 67.0 Å². The summed E-state index contributed by atoms with van der Waals surface area (Å²) >= 11 is 0. The summed E-state index contributed by atoms with van der Waals surface area (Å²) in [5.41, 5.74) is 2.61. The van der Waals surface area contributed by atoms with Crippen molar-refractivity contribution in [1.29, 1.82) is 0 Å². The Kier molecular flexibility index (Phi) is 3.99. The highest BCUT2D eigenvalue weighted by Gasteiger charge is 2.02. The fourth-order valence-corrected chi connectivity index (χ4v) is 2.28. The number of aromatic nitrogens is 2. The van der Waals surface area contributed by atoms with Gasteiger partial charge in [0.05, 0.1) is 6.54 Å². The van der Waals surface area contributed by atoms with Gasteiger partial charge in [0, 0.05) is 18.9 Å². The summed E-state index contributed by atoms with van der Waals surface area (Å²) in [5.74, 6) is 1.07. The second-order valence-electron chi connectivity index (χ2n) is 4.85. The minimum Gasteiger partial charge on any atom is -0.329 e. The summed E-state index contributed by atoms with van der Waals surface area (Å²) in [7, 11) is 0. The third-order valence-corrected chi connectivity index (χ3v) is 3.34. The monoisotopic (exact) mass is 264 g/mol. The van der Waals surface area contributed by atoms with Crippen molar-refractivity contribution in [3.63, 3.8) is 0 Å². The minimum absolute atomic E-state index is 0.783. The highest BCUT2D eigenvalue weighted by Crippen LogP contribution is 2.06. The summed E-state index contributed by atoms with van der Waals surface area (Å²) in [5, 5.41) is 3.43. The molecule has 0 atom stereocenters. The van der Waals surface area contributed by atoms with Crippen LogP contribution in [0.25, 0.3) is 0 Å². The zero-order chi connectivity index (χ0) is 13.6. The van der Waals surface area contributed by atoms with E-state index >= 15 is 0 Å². The maximum atomic E-state index is 4.43. The molecule has 0 aliphatic heterocycles. The van der Waals surface area contributed by atoms with Gasteiger partial charge in [0.1, 0.15) is 5.82 Å². The van der Waals surface area contributed by atoms with Crippen LogP contribution in [0.1, 0.15) is 17.0 Å². The smallest absolute Gasteiger partial charge is 0.122 e. The summed E-state index contributed by atoms with van der Waals surface area (Å²) in [6, 6.07) is 18.8. The topological polar surface area (TPSA) is 29.9 Å². The number of benzene rings is 1. The molecule has 0 aliphatic carbocycles. The Hall–Kier alpha value is -2.26. The van der Waals surface area contributed by atoms with Crippen molar-refractivity contribution >= 4 is 0 Å². The van der Waals surface area contributed by atoms with E-state index in [1.807, 2.05) is 18.5 Å². The maximum Gasteiger partial charge on any atom is 0.122 e. The van der Waals surface area contributed by atoms with Gasteiger partial charge in [-0.15, -0.1) is 0 Å². The number of nitrogens with one attached hydrogen (secondary N) is 1. The lowest BCUT2D eigenvalue weighted by atomic mass is 10.2. The maximum absolute atomic E-state index is 4.43. The second-order valence-corrected chi connectivity index (χ2v) is 4.85. The molecule has 0 radical (unpaired) electrons. The highest BCUT2D eigenvalue weighted by molar-refractivity contribution is 5.17. The molecule has 3 aromatic rings. The van der Waals surface area contributed by atoms with Gasteiger partial charge in [-0.05, 0) is 12.1 Å². The minimum atomic E-state index is 0.783. The molecular formula is C17H18N3-. The first-order chi connectivity index (χ1) is 9.92. The van der Waals surface area contributed by atoms with Crippen LogP contribution in [0.2, 0.25) is 0 Å². The Labute approximate surface area is 119 Å². The molecule has 1 N–H and O–H groups in total. The Balaban J connectivity index is 1.59. The Morgan fingerprint density at radius 2 is 1.95 bits per heavy atom. The lowest BCUT2D eigenvalue weighted by molar-refractivity contribution is 0.622. The third kappa shape index (κ3) is 3.19. The van der Waals surface area contributed by atoms with Crippen LogP contribution in [0.5, 0.6) is 0 Å². The number of rotatable bonds is 6. The van der Waals surface area contributed by atoms with Crippen molar-refractivity contribution in [3.8, 4) is 0 Å². The molecule has 102 valence electrons. The zero-order valence-corrected chi connectivity index (χ0v) is 11.4. The Morgan fingerprint density at radius 1 is 1.05 bits per heavy atom. The summed E-state index contributed by atoms with van der Waals surface area (Å²) in [6.07, 6.45) is 3.90. The van der Waals surface area contributed by atoms with E-state index in [1.54, 1.807) is 0 Å². The normalized spacial score (nSPS) is 10.8. The Morgan fingerprint density at radius 3 is 2.75 bits per heavy atom. The Bertz CT molecular complexity index is 623. The van der Waals surface area contributed by atoms with Gasteiger partial charge in [0.2, 0.25) is 0 Å². The molecule has 1 heterocycles. The van der Waals surface area contributed by atoms with Gasteiger partial charge >= 0.3 is 0 Å².